The first-order valence-corrected chi connectivity index (χ1v) is 12.0. The quantitative estimate of drug-likeness (QED) is 0.156. The predicted octanol–water partition coefficient (Wildman–Crippen LogP) is 7.51. The van der Waals surface area contributed by atoms with Gasteiger partial charge in [0.2, 0.25) is 0 Å². The van der Waals surface area contributed by atoms with E-state index in [-0.39, 0.29) is 17.2 Å². The normalized spacial score (nSPS) is 9.23. The number of aromatic hydroxyl groups is 5. The number of rotatable bonds is 4. The Kier molecular flexibility index (Phi) is 13.1. The van der Waals surface area contributed by atoms with Gasteiger partial charge in [-0.15, -0.1) is 0 Å². The lowest BCUT2D eigenvalue weighted by Crippen LogP contribution is -1.91. The number of phenolic OH excluding ortho intramolecular Hbond substituents is 5. The van der Waals surface area contributed by atoms with E-state index in [1.807, 2.05) is 36.4 Å². The Morgan fingerprint density at radius 2 is 0.744 bits per heavy atom. The van der Waals surface area contributed by atoms with Crippen LogP contribution < -0.4 is 4.74 Å². The first kappa shape index (κ1) is 29.9. The van der Waals surface area contributed by atoms with Gasteiger partial charge >= 0.3 is 0 Å². The second-order valence-corrected chi connectivity index (χ2v) is 7.86. The van der Waals surface area contributed by atoms with E-state index < -0.39 is 0 Å². The molecule has 0 saturated heterocycles. The molecular formula is C33H32O6. The topological polar surface area (TPSA) is 110 Å². The fraction of sp³-hybridized carbons (Fsp3) is 0.0303. The highest BCUT2D eigenvalue weighted by Crippen LogP contribution is 2.23. The van der Waals surface area contributed by atoms with Crippen molar-refractivity contribution in [1.29, 1.82) is 0 Å². The van der Waals surface area contributed by atoms with Crippen LogP contribution in [0.15, 0.2) is 146 Å². The summed E-state index contributed by atoms with van der Waals surface area (Å²) in [5, 5.41) is 44.4. The summed E-state index contributed by atoms with van der Waals surface area (Å²) in [5.74, 6) is 2.14. The Balaban J connectivity index is 0.000000191. The van der Waals surface area contributed by atoms with E-state index in [0.29, 0.717) is 18.1 Å². The number of benzene rings is 5. The van der Waals surface area contributed by atoms with Gasteiger partial charge in [0.15, 0.2) is 0 Å². The average molecular weight is 525 g/mol. The van der Waals surface area contributed by atoms with E-state index in [9.17, 15) is 0 Å². The number of hydrogen-bond donors (Lipinski definition) is 5. The summed E-state index contributed by atoms with van der Waals surface area (Å²) in [7, 11) is 0. The van der Waals surface area contributed by atoms with Crippen molar-refractivity contribution in [1.82, 2.24) is 0 Å². The van der Waals surface area contributed by atoms with Gasteiger partial charge in [-0.1, -0.05) is 73.3 Å². The molecule has 0 aliphatic heterocycles. The fourth-order valence-corrected chi connectivity index (χ4v) is 2.86. The molecule has 0 saturated carbocycles. The predicted molar refractivity (Wildman–Crippen MR) is 155 cm³/mol. The van der Waals surface area contributed by atoms with Crippen LogP contribution in [0.25, 0.3) is 11.1 Å². The van der Waals surface area contributed by atoms with E-state index in [0.717, 1.165) is 16.9 Å². The standard InChI is InChI=1S/C12H10O2.C9H10O2.2C6H6O/c13-11-5-1-9(2-6-11)10-3-7-12(14)8-4-10;1-2-7-11-9-5-3-8(10)4-6-9;2*7-6-4-2-1-3-5-6/h1-8,13-14H;2-6,10H,1,7H2;2*1-5,7H. The molecular weight excluding hydrogens is 492 g/mol. The molecule has 200 valence electrons. The average Bonchev–Trinajstić information content (AvgIpc) is 2.96. The zero-order valence-electron chi connectivity index (χ0n) is 21.3. The Hall–Kier alpha value is -5.36. The van der Waals surface area contributed by atoms with Crippen LogP contribution in [0.2, 0.25) is 0 Å². The minimum Gasteiger partial charge on any atom is -0.508 e. The lowest BCUT2D eigenvalue weighted by atomic mass is 10.1. The summed E-state index contributed by atoms with van der Waals surface area (Å²) in [4.78, 5) is 0. The molecule has 6 heteroatoms. The van der Waals surface area contributed by atoms with Gasteiger partial charge < -0.3 is 30.3 Å². The third kappa shape index (κ3) is 13.0. The Labute approximate surface area is 228 Å². The van der Waals surface area contributed by atoms with Crippen molar-refractivity contribution >= 4 is 0 Å². The minimum atomic E-state index is 0.246. The summed E-state index contributed by atoms with van der Waals surface area (Å²) in [6.07, 6.45) is 1.67. The lowest BCUT2D eigenvalue weighted by molar-refractivity contribution is 0.362. The zero-order valence-corrected chi connectivity index (χ0v) is 21.3. The molecule has 5 aromatic carbocycles. The molecule has 0 heterocycles. The third-order valence-electron chi connectivity index (χ3n) is 4.78. The van der Waals surface area contributed by atoms with Gasteiger partial charge in [-0.2, -0.15) is 0 Å². The first-order chi connectivity index (χ1) is 18.9. The van der Waals surface area contributed by atoms with Gasteiger partial charge in [-0.05, 0) is 83.9 Å². The van der Waals surface area contributed by atoms with Crippen molar-refractivity contribution in [3.05, 3.63) is 146 Å². The highest BCUT2D eigenvalue weighted by molar-refractivity contribution is 5.64. The van der Waals surface area contributed by atoms with Gasteiger partial charge in [0.05, 0.1) is 0 Å². The maximum Gasteiger partial charge on any atom is 0.120 e. The molecule has 0 fully saturated rings. The van der Waals surface area contributed by atoms with Crippen molar-refractivity contribution in [2.75, 3.05) is 6.61 Å². The molecule has 5 N–H and O–H groups in total. The smallest absolute Gasteiger partial charge is 0.120 e. The van der Waals surface area contributed by atoms with Crippen LogP contribution in [-0.4, -0.2) is 32.1 Å². The molecule has 0 spiro atoms. The van der Waals surface area contributed by atoms with E-state index in [4.69, 9.17) is 30.3 Å². The van der Waals surface area contributed by atoms with Crippen LogP contribution in [0.1, 0.15) is 0 Å². The van der Waals surface area contributed by atoms with E-state index in [2.05, 4.69) is 6.58 Å². The molecule has 5 aromatic rings. The molecule has 0 aliphatic rings. The molecule has 39 heavy (non-hydrogen) atoms. The third-order valence-corrected chi connectivity index (χ3v) is 4.78. The van der Waals surface area contributed by atoms with Crippen LogP contribution in [0.3, 0.4) is 0 Å². The maximum absolute atomic E-state index is 9.11. The highest BCUT2D eigenvalue weighted by atomic mass is 16.5. The van der Waals surface area contributed by atoms with Crippen molar-refractivity contribution in [3.63, 3.8) is 0 Å². The van der Waals surface area contributed by atoms with Crippen molar-refractivity contribution in [3.8, 4) is 45.6 Å². The van der Waals surface area contributed by atoms with Crippen molar-refractivity contribution < 1.29 is 30.3 Å². The second kappa shape index (κ2) is 17.2. The second-order valence-electron chi connectivity index (χ2n) is 7.86. The Bertz CT molecular complexity index is 1240. The SMILES string of the molecule is C=CCOc1ccc(O)cc1.Oc1ccc(-c2ccc(O)cc2)cc1.Oc1ccccc1.Oc1ccccc1. The van der Waals surface area contributed by atoms with Gasteiger partial charge in [0, 0.05) is 0 Å². The number of phenols is 5. The van der Waals surface area contributed by atoms with Gasteiger partial charge in [0.25, 0.3) is 0 Å². The molecule has 0 radical (unpaired) electrons. The number of hydrogen-bond acceptors (Lipinski definition) is 6. The highest BCUT2D eigenvalue weighted by Gasteiger charge is 1.97. The summed E-state index contributed by atoms with van der Waals surface area (Å²) < 4.78 is 5.18. The van der Waals surface area contributed by atoms with Gasteiger partial charge in [-0.3, -0.25) is 0 Å². The van der Waals surface area contributed by atoms with Gasteiger partial charge in [-0.25, -0.2) is 0 Å². The maximum atomic E-state index is 9.11. The van der Waals surface area contributed by atoms with E-state index in [1.54, 1.807) is 103 Å². The van der Waals surface area contributed by atoms with Crippen LogP contribution in [0.4, 0.5) is 0 Å². The Morgan fingerprint density at radius 3 is 1.03 bits per heavy atom. The number of ether oxygens (including phenoxy) is 1. The van der Waals surface area contributed by atoms with Crippen LogP contribution >= 0.6 is 0 Å². The van der Waals surface area contributed by atoms with Crippen molar-refractivity contribution in [2.45, 2.75) is 0 Å². The number of para-hydroxylation sites is 2. The largest absolute Gasteiger partial charge is 0.508 e. The van der Waals surface area contributed by atoms with Crippen LogP contribution in [-0.2, 0) is 0 Å². The monoisotopic (exact) mass is 524 g/mol. The molecule has 0 atom stereocenters. The summed E-state index contributed by atoms with van der Waals surface area (Å²) in [6, 6.07) is 37.9. The lowest BCUT2D eigenvalue weighted by Gasteiger charge is -2.01. The van der Waals surface area contributed by atoms with Gasteiger partial charge in [0.1, 0.15) is 41.1 Å². The van der Waals surface area contributed by atoms with Crippen LogP contribution in [0, 0.1) is 0 Å². The molecule has 0 bridgehead atoms. The summed E-state index contributed by atoms with van der Waals surface area (Å²) >= 11 is 0. The molecule has 0 amide bonds. The van der Waals surface area contributed by atoms with Crippen molar-refractivity contribution in [2.24, 2.45) is 0 Å². The molecule has 5 rings (SSSR count). The fourth-order valence-electron chi connectivity index (χ4n) is 2.86. The molecule has 0 aromatic heterocycles. The molecule has 0 unspecified atom stereocenters. The van der Waals surface area contributed by atoms with E-state index >= 15 is 0 Å². The molecule has 0 aliphatic carbocycles. The molecule has 6 nitrogen and oxygen atoms in total. The minimum absolute atomic E-state index is 0.246. The zero-order chi connectivity index (χ0) is 28.3. The van der Waals surface area contributed by atoms with Crippen LogP contribution in [0.5, 0.6) is 34.5 Å². The summed E-state index contributed by atoms with van der Waals surface area (Å²) in [5.41, 5.74) is 2.03. The van der Waals surface area contributed by atoms with E-state index in [1.165, 1.54) is 0 Å². The first-order valence-electron chi connectivity index (χ1n) is 12.0. The Morgan fingerprint density at radius 1 is 0.436 bits per heavy atom. The summed E-state index contributed by atoms with van der Waals surface area (Å²) in [6.45, 7) is 4.01.